The van der Waals surface area contributed by atoms with Gasteiger partial charge in [-0.15, -0.1) is 5.10 Å². The summed E-state index contributed by atoms with van der Waals surface area (Å²) in [7, 11) is 0. The summed E-state index contributed by atoms with van der Waals surface area (Å²) in [6, 6.07) is 9.70. The maximum atomic E-state index is 12.9. The Morgan fingerprint density at radius 2 is 2.04 bits per heavy atom. The van der Waals surface area contributed by atoms with Gasteiger partial charge in [-0.3, -0.25) is 9.78 Å². The Morgan fingerprint density at radius 1 is 1.14 bits per heavy atom. The topological polar surface area (TPSA) is 73.1 Å². The lowest BCUT2D eigenvalue weighted by molar-refractivity contribution is 0.0698. The molecule has 0 unspecified atom stereocenters. The summed E-state index contributed by atoms with van der Waals surface area (Å²) < 4.78 is 7.65. The zero-order valence-electron chi connectivity index (χ0n) is 16.1. The molecule has 1 aliphatic heterocycles. The summed E-state index contributed by atoms with van der Waals surface area (Å²) >= 11 is 0. The van der Waals surface area contributed by atoms with Crippen LogP contribution in [-0.2, 0) is 31.0 Å². The van der Waals surface area contributed by atoms with Crippen LogP contribution in [0, 0.1) is 13.8 Å². The largest absolute Gasteiger partial charge is 0.370 e. The maximum Gasteiger partial charge on any atom is 0.254 e. The SMILES string of the molecule is Cc1ccc(C(=O)N2CCn3nnc(COCc4cccnc4)c3C2)cc1C. The molecule has 1 amide bonds. The van der Waals surface area contributed by atoms with Gasteiger partial charge in [-0.25, -0.2) is 4.68 Å². The van der Waals surface area contributed by atoms with E-state index in [2.05, 4.69) is 15.3 Å². The molecular weight excluding hydrogens is 354 g/mol. The molecule has 0 bridgehead atoms. The monoisotopic (exact) mass is 377 g/mol. The number of hydrogen-bond acceptors (Lipinski definition) is 5. The zero-order valence-corrected chi connectivity index (χ0v) is 16.1. The van der Waals surface area contributed by atoms with E-state index in [1.54, 1.807) is 12.4 Å². The van der Waals surface area contributed by atoms with Crippen molar-refractivity contribution in [2.75, 3.05) is 6.54 Å². The molecule has 0 N–H and O–H groups in total. The van der Waals surface area contributed by atoms with Gasteiger partial charge in [0, 0.05) is 24.5 Å². The van der Waals surface area contributed by atoms with Gasteiger partial charge in [0.1, 0.15) is 5.69 Å². The first-order chi connectivity index (χ1) is 13.6. The van der Waals surface area contributed by atoms with E-state index in [0.29, 0.717) is 32.8 Å². The molecule has 0 atom stereocenters. The smallest absolute Gasteiger partial charge is 0.254 e. The van der Waals surface area contributed by atoms with Crippen LogP contribution in [0.5, 0.6) is 0 Å². The van der Waals surface area contributed by atoms with Crippen LogP contribution in [0.1, 0.15) is 38.4 Å². The number of carbonyl (C=O) groups excluding carboxylic acids is 1. The molecule has 3 aromatic rings. The molecule has 1 aliphatic rings. The minimum atomic E-state index is 0.0396. The lowest BCUT2D eigenvalue weighted by Gasteiger charge is -2.28. The first kappa shape index (κ1) is 18.3. The average Bonchev–Trinajstić information content (AvgIpc) is 3.12. The molecule has 0 fully saturated rings. The number of carbonyl (C=O) groups is 1. The summed E-state index contributed by atoms with van der Waals surface area (Å²) in [6.07, 6.45) is 3.52. The molecule has 0 saturated carbocycles. The van der Waals surface area contributed by atoms with Crippen LogP contribution >= 0.6 is 0 Å². The van der Waals surface area contributed by atoms with Crippen molar-refractivity contribution in [3.8, 4) is 0 Å². The number of hydrogen-bond donors (Lipinski definition) is 0. The van der Waals surface area contributed by atoms with Crippen LogP contribution in [0.4, 0.5) is 0 Å². The van der Waals surface area contributed by atoms with E-state index in [-0.39, 0.29) is 5.91 Å². The van der Waals surface area contributed by atoms with Crippen molar-refractivity contribution in [2.45, 2.75) is 40.2 Å². The fourth-order valence-electron chi connectivity index (χ4n) is 3.29. The number of fused-ring (bicyclic) bond motifs is 1. The van der Waals surface area contributed by atoms with Gasteiger partial charge in [0.2, 0.25) is 0 Å². The van der Waals surface area contributed by atoms with Gasteiger partial charge < -0.3 is 9.64 Å². The van der Waals surface area contributed by atoms with Crippen LogP contribution in [0.3, 0.4) is 0 Å². The Bertz CT molecular complexity index is 984. The highest BCUT2D eigenvalue weighted by molar-refractivity contribution is 5.94. The van der Waals surface area contributed by atoms with E-state index in [9.17, 15) is 4.79 Å². The fraction of sp³-hybridized carbons (Fsp3) is 0.333. The molecule has 28 heavy (non-hydrogen) atoms. The van der Waals surface area contributed by atoms with Crippen LogP contribution in [-0.4, -0.2) is 37.3 Å². The number of ether oxygens (including phenoxy) is 1. The first-order valence-electron chi connectivity index (χ1n) is 9.36. The van der Waals surface area contributed by atoms with Gasteiger partial charge in [-0.1, -0.05) is 17.3 Å². The van der Waals surface area contributed by atoms with Crippen molar-refractivity contribution in [1.82, 2.24) is 24.9 Å². The number of rotatable bonds is 5. The number of amides is 1. The van der Waals surface area contributed by atoms with Gasteiger partial charge in [-0.2, -0.15) is 0 Å². The van der Waals surface area contributed by atoms with Crippen LogP contribution in [0.2, 0.25) is 0 Å². The van der Waals surface area contributed by atoms with E-state index in [1.165, 1.54) is 5.56 Å². The third kappa shape index (κ3) is 3.80. The quantitative estimate of drug-likeness (QED) is 0.683. The third-order valence-corrected chi connectivity index (χ3v) is 5.11. The lowest BCUT2D eigenvalue weighted by atomic mass is 10.1. The van der Waals surface area contributed by atoms with Crippen molar-refractivity contribution < 1.29 is 9.53 Å². The van der Waals surface area contributed by atoms with Gasteiger partial charge in [-0.05, 0) is 48.7 Å². The first-order valence-corrected chi connectivity index (χ1v) is 9.36. The van der Waals surface area contributed by atoms with Crippen molar-refractivity contribution in [2.24, 2.45) is 0 Å². The van der Waals surface area contributed by atoms with E-state index >= 15 is 0 Å². The second-order valence-electron chi connectivity index (χ2n) is 7.09. The molecule has 4 rings (SSSR count). The molecule has 144 valence electrons. The average molecular weight is 377 g/mol. The number of aromatic nitrogens is 4. The normalized spacial score (nSPS) is 13.4. The Hall–Kier alpha value is -3.06. The van der Waals surface area contributed by atoms with Crippen LogP contribution < -0.4 is 0 Å². The van der Waals surface area contributed by atoms with E-state index in [0.717, 1.165) is 28.1 Å². The van der Waals surface area contributed by atoms with Crippen LogP contribution in [0.25, 0.3) is 0 Å². The molecule has 0 spiro atoms. The number of aryl methyl sites for hydroxylation is 2. The minimum absolute atomic E-state index is 0.0396. The number of pyridine rings is 1. The Morgan fingerprint density at radius 3 is 2.82 bits per heavy atom. The van der Waals surface area contributed by atoms with Crippen molar-refractivity contribution >= 4 is 5.91 Å². The molecular formula is C21H23N5O2. The van der Waals surface area contributed by atoms with E-state index < -0.39 is 0 Å². The van der Waals surface area contributed by atoms with Gasteiger partial charge in [0.15, 0.2) is 0 Å². The highest BCUT2D eigenvalue weighted by Gasteiger charge is 2.25. The third-order valence-electron chi connectivity index (χ3n) is 5.11. The fourth-order valence-corrected chi connectivity index (χ4v) is 3.29. The van der Waals surface area contributed by atoms with Crippen molar-refractivity contribution in [1.29, 1.82) is 0 Å². The van der Waals surface area contributed by atoms with Gasteiger partial charge >= 0.3 is 0 Å². The summed E-state index contributed by atoms with van der Waals surface area (Å²) in [6.45, 7) is 6.65. The molecule has 3 heterocycles. The van der Waals surface area contributed by atoms with Crippen molar-refractivity contribution in [3.63, 3.8) is 0 Å². The second kappa shape index (κ2) is 7.90. The number of benzene rings is 1. The molecule has 1 aromatic carbocycles. The molecule has 0 aliphatic carbocycles. The van der Waals surface area contributed by atoms with Gasteiger partial charge in [0.05, 0.1) is 32.0 Å². The zero-order chi connectivity index (χ0) is 19.5. The molecule has 0 saturated heterocycles. The molecule has 2 aromatic heterocycles. The predicted molar refractivity (Wildman–Crippen MR) is 103 cm³/mol. The maximum absolute atomic E-state index is 12.9. The second-order valence-corrected chi connectivity index (χ2v) is 7.09. The minimum Gasteiger partial charge on any atom is -0.370 e. The standard InChI is InChI=1S/C21H23N5O2/c1-15-5-6-18(10-16(15)2)21(27)25-8-9-26-20(12-25)19(23-24-26)14-28-13-17-4-3-7-22-11-17/h3-7,10-11H,8-9,12-14H2,1-2H3. The Labute approximate surface area is 164 Å². The highest BCUT2D eigenvalue weighted by Crippen LogP contribution is 2.19. The summed E-state index contributed by atoms with van der Waals surface area (Å²) in [5.41, 5.74) is 5.76. The Balaban J connectivity index is 1.43. The highest BCUT2D eigenvalue weighted by atomic mass is 16.5. The molecule has 7 heteroatoms. The molecule has 7 nitrogen and oxygen atoms in total. The molecule has 0 radical (unpaired) electrons. The summed E-state index contributed by atoms with van der Waals surface area (Å²) in [5, 5.41) is 8.47. The summed E-state index contributed by atoms with van der Waals surface area (Å²) in [4.78, 5) is 18.9. The van der Waals surface area contributed by atoms with Crippen molar-refractivity contribution in [3.05, 3.63) is 76.4 Å². The predicted octanol–water partition coefficient (Wildman–Crippen LogP) is 2.66. The van der Waals surface area contributed by atoms with E-state index in [1.807, 2.05) is 53.8 Å². The lowest BCUT2D eigenvalue weighted by Crippen LogP contribution is -2.38. The Kier molecular flexibility index (Phi) is 5.16. The van der Waals surface area contributed by atoms with Gasteiger partial charge in [0.25, 0.3) is 5.91 Å². The number of nitrogens with zero attached hydrogens (tertiary/aromatic N) is 5. The van der Waals surface area contributed by atoms with Crippen LogP contribution in [0.15, 0.2) is 42.7 Å². The van der Waals surface area contributed by atoms with E-state index in [4.69, 9.17) is 4.74 Å². The summed E-state index contributed by atoms with van der Waals surface area (Å²) in [5.74, 6) is 0.0396.